The lowest BCUT2D eigenvalue weighted by Gasteiger charge is -2.33. The van der Waals surface area contributed by atoms with Crippen molar-refractivity contribution in [2.75, 3.05) is 13.7 Å². The number of methoxy groups -OCH3 is 1. The molecule has 1 heterocycles. The SMILES string of the molecule is CCCCN1C(=O)C(NC(=O)c2cccc(OC)c2)(C(F)(F)F)C(C(C)=O)=C1C. The third-order valence-electron chi connectivity index (χ3n) is 4.85. The summed E-state index contributed by atoms with van der Waals surface area (Å²) in [6, 6.07) is 5.50. The zero-order valence-electron chi connectivity index (χ0n) is 16.6. The van der Waals surface area contributed by atoms with E-state index in [0.717, 1.165) is 11.8 Å². The summed E-state index contributed by atoms with van der Waals surface area (Å²) in [7, 11) is 1.35. The lowest BCUT2D eigenvalue weighted by atomic mass is 9.86. The second kappa shape index (κ2) is 8.26. The second-order valence-corrected chi connectivity index (χ2v) is 6.76. The Hall–Kier alpha value is -2.84. The molecule has 1 aromatic carbocycles. The number of carbonyl (C=O) groups is 3. The van der Waals surface area contributed by atoms with Crippen molar-refractivity contribution in [1.82, 2.24) is 10.2 Å². The van der Waals surface area contributed by atoms with Crippen molar-refractivity contribution >= 4 is 17.6 Å². The fourth-order valence-electron chi connectivity index (χ4n) is 3.43. The number of alkyl halides is 3. The molecule has 29 heavy (non-hydrogen) atoms. The van der Waals surface area contributed by atoms with Gasteiger partial charge in [-0.15, -0.1) is 0 Å². The number of nitrogens with zero attached hydrogens (tertiary/aromatic N) is 1. The monoisotopic (exact) mass is 412 g/mol. The number of carbonyl (C=O) groups excluding carboxylic acids is 3. The molecule has 0 spiro atoms. The predicted octanol–water partition coefficient (Wildman–Crippen LogP) is 3.23. The molecule has 1 N–H and O–H groups in total. The van der Waals surface area contributed by atoms with Gasteiger partial charge in [0.2, 0.25) is 5.54 Å². The number of hydrogen-bond acceptors (Lipinski definition) is 4. The van der Waals surface area contributed by atoms with Crippen LogP contribution in [0.1, 0.15) is 44.0 Å². The quantitative estimate of drug-likeness (QED) is 0.746. The van der Waals surface area contributed by atoms with Gasteiger partial charge in [-0.25, -0.2) is 0 Å². The number of nitrogens with one attached hydrogen (secondary N) is 1. The molecule has 2 amide bonds. The minimum atomic E-state index is -5.22. The summed E-state index contributed by atoms with van der Waals surface area (Å²) in [4.78, 5) is 38.8. The maximum absolute atomic E-state index is 14.3. The van der Waals surface area contributed by atoms with Crippen LogP contribution in [0, 0.1) is 0 Å². The topological polar surface area (TPSA) is 75.7 Å². The van der Waals surface area contributed by atoms with Crippen LogP contribution < -0.4 is 10.1 Å². The third-order valence-corrected chi connectivity index (χ3v) is 4.85. The Kier molecular flexibility index (Phi) is 6.40. The van der Waals surface area contributed by atoms with E-state index in [9.17, 15) is 27.6 Å². The van der Waals surface area contributed by atoms with Gasteiger partial charge in [0.1, 0.15) is 5.75 Å². The minimum Gasteiger partial charge on any atom is -0.497 e. The molecule has 0 saturated heterocycles. The highest BCUT2D eigenvalue weighted by atomic mass is 19.4. The number of Topliss-reactive ketones (excluding diaryl/α,β-unsaturated/α-hetero) is 1. The molecule has 1 aromatic rings. The lowest BCUT2D eigenvalue weighted by Crippen LogP contribution is -2.66. The van der Waals surface area contributed by atoms with Crippen LogP contribution in [-0.4, -0.2) is 47.9 Å². The van der Waals surface area contributed by atoms with Gasteiger partial charge in [-0.3, -0.25) is 14.4 Å². The van der Waals surface area contributed by atoms with E-state index in [1.807, 2.05) is 12.2 Å². The zero-order valence-corrected chi connectivity index (χ0v) is 16.6. The van der Waals surface area contributed by atoms with Gasteiger partial charge in [0.05, 0.1) is 12.7 Å². The summed E-state index contributed by atoms with van der Waals surface area (Å²) in [5.74, 6) is -3.19. The van der Waals surface area contributed by atoms with Crippen molar-refractivity contribution in [3.63, 3.8) is 0 Å². The van der Waals surface area contributed by atoms with Crippen LogP contribution in [0.15, 0.2) is 35.5 Å². The molecule has 158 valence electrons. The summed E-state index contributed by atoms with van der Waals surface area (Å²) < 4.78 is 47.9. The summed E-state index contributed by atoms with van der Waals surface area (Å²) in [5.41, 5.74) is -4.42. The van der Waals surface area contributed by atoms with Crippen LogP contribution >= 0.6 is 0 Å². The van der Waals surface area contributed by atoms with E-state index in [1.54, 1.807) is 0 Å². The van der Waals surface area contributed by atoms with E-state index >= 15 is 0 Å². The fourth-order valence-corrected chi connectivity index (χ4v) is 3.43. The zero-order chi connectivity index (χ0) is 22.0. The van der Waals surface area contributed by atoms with Crippen LogP contribution in [-0.2, 0) is 9.59 Å². The van der Waals surface area contributed by atoms with Crippen LogP contribution in [0.25, 0.3) is 0 Å². The molecule has 0 saturated carbocycles. The third kappa shape index (κ3) is 3.86. The Balaban J connectivity index is 2.60. The highest BCUT2D eigenvalue weighted by Crippen LogP contribution is 2.45. The molecule has 6 nitrogen and oxygen atoms in total. The molecule has 1 aliphatic heterocycles. The lowest BCUT2D eigenvalue weighted by molar-refractivity contribution is -0.190. The first-order valence-electron chi connectivity index (χ1n) is 9.08. The van der Waals surface area contributed by atoms with Crippen LogP contribution in [0.4, 0.5) is 13.2 Å². The van der Waals surface area contributed by atoms with Gasteiger partial charge in [-0.05, 0) is 38.5 Å². The molecule has 2 rings (SSSR count). The molecule has 0 aliphatic carbocycles. The van der Waals surface area contributed by atoms with E-state index < -0.39 is 34.9 Å². The molecule has 0 fully saturated rings. The highest BCUT2D eigenvalue weighted by Gasteiger charge is 2.69. The van der Waals surface area contributed by atoms with Gasteiger partial charge in [0.15, 0.2) is 5.78 Å². The first kappa shape index (κ1) is 22.4. The summed E-state index contributed by atoms with van der Waals surface area (Å²) in [5, 5.41) is 1.83. The molecular formula is C20H23F3N2O4. The number of benzene rings is 1. The van der Waals surface area contributed by atoms with Crippen molar-refractivity contribution in [2.24, 2.45) is 0 Å². The molecule has 1 aliphatic rings. The Morgan fingerprint density at radius 1 is 1.28 bits per heavy atom. The minimum absolute atomic E-state index is 0.0187. The van der Waals surface area contributed by atoms with Gasteiger partial charge >= 0.3 is 6.18 Å². The van der Waals surface area contributed by atoms with E-state index in [0.29, 0.717) is 12.8 Å². The Labute approximate surface area is 166 Å². The number of allylic oxidation sites excluding steroid dienone is 1. The summed E-state index contributed by atoms with van der Waals surface area (Å²) in [6.45, 7) is 4.08. The number of unbranched alkanes of at least 4 members (excludes halogenated alkanes) is 1. The Morgan fingerprint density at radius 3 is 2.45 bits per heavy atom. The van der Waals surface area contributed by atoms with E-state index in [4.69, 9.17) is 4.74 Å². The van der Waals surface area contributed by atoms with Gasteiger partial charge in [-0.2, -0.15) is 13.2 Å². The number of halogens is 3. The standard InChI is InChI=1S/C20H23F3N2O4/c1-5-6-10-25-12(2)16(13(3)26)19(18(25)28,20(21,22)23)24-17(27)14-8-7-9-15(11-14)29-4/h7-9,11H,5-6,10H2,1-4H3,(H,24,27). The number of ether oxygens (including phenoxy) is 1. The Bertz CT molecular complexity index is 864. The van der Waals surface area contributed by atoms with Crippen molar-refractivity contribution < 1.29 is 32.3 Å². The smallest absolute Gasteiger partial charge is 0.425 e. The largest absolute Gasteiger partial charge is 0.497 e. The van der Waals surface area contributed by atoms with Crippen LogP contribution in [0.3, 0.4) is 0 Å². The number of rotatable bonds is 7. The molecular weight excluding hydrogens is 389 g/mol. The maximum atomic E-state index is 14.3. The molecule has 9 heteroatoms. The Morgan fingerprint density at radius 2 is 1.93 bits per heavy atom. The van der Waals surface area contributed by atoms with Gasteiger partial charge in [0, 0.05) is 17.8 Å². The fraction of sp³-hybridized carbons (Fsp3) is 0.450. The molecule has 1 atom stereocenters. The van der Waals surface area contributed by atoms with Crippen LogP contribution in [0.5, 0.6) is 5.75 Å². The predicted molar refractivity (Wildman–Crippen MR) is 99.2 cm³/mol. The first-order chi connectivity index (χ1) is 13.5. The molecule has 0 bridgehead atoms. The summed E-state index contributed by atoms with van der Waals surface area (Å²) >= 11 is 0. The van der Waals surface area contributed by atoms with Gasteiger partial charge in [-0.1, -0.05) is 19.4 Å². The second-order valence-electron chi connectivity index (χ2n) is 6.76. The van der Waals surface area contributed by atoms with Crippen molar-refractivity contribution in [3.05, 3.63) is 41.1 Å². The van der Waals surface area contributed by atoms with Gasteiger partial charge in [0.25, 0.3) is 11.8 Å². The van der Waals surface area contributed by atoms with Crippen molar-refractivity contribution in [1.29, 1.82) is 0 Å². The number of hydrogen-bond donors (Lipinski definition) is 1. The molecule has 1 unspecified atom stereocenters. The van der Waals surface area contributed by atoms with E-state index in [-0.39, 0.29) is 23.6 Å². The number of ketones is 1. The normalized spacial score (nSPS) is 19.6. The average molecular weight is 412 g/mol. The van der Waals surface area contributed by atoms with E-state index in [1.165, 1.54) is 38.3 Å². The first-order valence-corrected chi connectivity index (χ1v) is 9.08. The maximum Gasteiger partial charge on any atom is 0.425 e. The van der Waals surface area contributed by atoms with Crippen LogP contribution in [0.2, 0.25) is 0 Å². The molecule has 0 aromatic heterocycles. The van der Waals surface area contributed by atoms with Gasteiger partial charge < -0.3 is 15.0 Å². The van der Waals surface area contributed by atoms with Crippen molar-refractivity contribution in [3.8, 4) is 5.75 Å². The highest BCUT2D eigenvalue weighted by molar-refractivity contribution is 6.13. The van der Waals surface area contributed by atoms with Crippen molar-refractivity contribution in [2.45, 2.75) is 45.3 Å². The average Bonchev–Trinajstić information content (AvgIpc) is 2.87. The number of amides is 2. The summed E-state index contributed by atoms with van der Waals surface area (Å²) in [6.07, 6.45) is -4.13. The van der Waals surface area contributed by atoms with E-state index in [2.05, 4.69) is 0 Å². The molecule has 0 radical (unpaired) electrons.